The fourth-order valence-corrected chi connectivity index (χ4v) is 5.53. The maximum atomic E-state index is 13.5. The minimum Gasteiger partial charge on any atom is -0.394 e. The van der Waals surface area contributed by atoms with Gasteiger partial charge in [0, 0.05) is 43.2 Å². The first-order valence-corrected chi connectivity index (χ1v) is 14.7. The lowest BCUT2D eigenvalue weighted by Crippen LogP contribution is -2.39. The summed E-state index contributed by atoms with van der Waals surface area (Å²) < 4.78 is 1.93. The third kappa shape index (κ3) is 7.49. The Labute approximate surface area is 243 Å². The van der Waals surface area contributed by atoms with Crippen molar-refractivity contribution in [2.24, 2.45) is 0 Å². The molecule has 0 spiro atoms. The van der Waals surface area contributed by atoms with Crippen molar-refractivity contribution in [3.05, 3.63) is 53.1 Å². The SMILES string of the molecule is C=CCCN(C)Cc1cn(C2CCN(C)CC2)c(=O)cc1-c1cnc2c(N[C@@](C)(CO)CCCC)nc(N)nc2c1. The van der Waals surface area contributed by atoms with Crippen molar-refractivity contribution in [2.75, 3.05) is 51.4 Å². The van der Waals surface area contributed by atoms with Gasteiger partial charge in [0.1, 0.15) is 5.52 Å². The molecule has 1 fully saturated rings. The highest BCUT2D eigenvalue weighted by Gasteiger charge is 2.25. The molecule has 1 aliphatic heterocycles. The standard InChI is InChI=1S/C31H46N8O2/c1-6-8-12-31(3,21-40)36-29-28-26(34-30(32)35-29)16-22(18-33-28)25-17-27(41)39(24-10-14-37(4)15-11-24)20-23(25)19-38(5)13-9-7-2/h7,16-18,20,24,40H,2,6,8-15,19,21H2,1,3-5H3,(H3,32,34,35,36)/t31-/m1/s1. The summed E-state index contributed by atoms with van der Waals surface area (Å²) in [6, 6.07) is 3.86. The van der Waals surface area contributed by atoms with Gasteiger partial charge in [-0.3, -0.25) is 9.78 Å². The monoisotopic (exact) mass is 562 g/mol. The summed E-state index contributed by atoms with van der Waals surface area (Å²) >= 11 is 0. The number of fused-ring (bicyclic) bond motifs is 1. The van der Waals surface area contributed by atoms with Crippen LogP contribution in [0.5, 0.6) is 0 Å². The van der Waals surface area contributed by atoms with Crippen LogP contribution in [0.2, 0.25) is 0 Å². The molecular weight excluding hydrogens is 516 g/mol. The summed E-state index contributed by atoms with van der Waals surface area (Å²) in [5.41, 5.74) is 9.42. The van der Waals surface area contributed by atoms with Crippen LogP contribution in [0.1, 0.15) is 64.0 Å². The molecule has 4 N–H and O–H groups in total. The number of hydrogen-bond donors (Lipinski definition) is 3. The van der Waals surface area contributed by atoms with Gasteiger partial charge in [-0.1, -0.05) is 25.8 Å². The number of aromatic nitrogens is 4. The number of anilines is 2. The summed E-state index contributed by atoms with van der Waals surface area (Å²) in [7, 11) is 4.21. The van der Waals surface area contributed by atoms with E-state index in [2.05, 4.69) is 52.7 Å². The smallest absolute Gasteiger partial charge is 0.251 e. The molecule has 3 aromatic heterocycles. The number of pyridine rings is 2. The van der Waals surface area contributed by atoms with Crippen LogP contribution in [-0.4, -0.2) is 80.3 Å². The Bertz CT molecular complexity index is 1400. The number of nitrogen functional groups attached to an aromatic ring is 1. The van der Waals surface area contributed by atoms with Gasteiger partial charge >= 0.3 is 0 Å². The van der Waals surface area contributed by atoms with Crippen molar-refractivity contribution >= 4 is 22.8 Å². The number of aliphatic hydroxyl groups is 1. The first-order chi connectivity index (χ1) is 19.7. The van der Waals surface area contributed by atoms with Crippen molar-refractivity contribution in [2.45, 2.75) is 70.5 Å². The van der Waals surface area contributed by atoms with E-state index >= 15 is 0 Å². The Morgan fingerprint density at radius 1 is 1.29 bits per heavy atom. The Kier molecular flexibility index (Phi) is 10.1. The van der Waals surface area contributed by atoms with Crippen LogP contribution in [0.4, 0.5) is 11.8 Å². The van der Waals surface area contributed by atoms with Crippen LogP contribution in [0.15, 0.2) is 42.0 Å². The lowest BCUT2D eigenvalue weighted by Gasteiger charge is -2.31. The summed E-state index contributed by atoms with van der Waals surface area (Å²) in [5, 5.41) is 13.5. The maximum Gasteiger partial charge on any atom is 0.251 e. The Balaban J connectivity index is 1.76. The molecule has 41 heavy (non-hydrogen) atoms. The summed E-state index contributed by atoms with van der Waals surface area (Å²) in [5.74, 6) is 0.616. The molecule has 3 aromatic rings. The van der Waals surface area contributed by atoms with E-state index in [4.69, 9.17) is 10.7 Å². The average Bonchev–Trinajstić information content (AvgIpc) is 2.95. The third-order valence-corrected chi connectivity index (χ3v) is 8.12. The fourth-order valence-electron chi connectivity index (χ4n) is 5.53. The Morgan fingerprint density at radius 2 is 2.05 bits per heavy atom. The van der Waals surface area contributed by atoms with Gasteiger partial charge in [-0.15, -0.1) is 6.58 Å². The number of nitrogens with two attached hydrogens (primary N) is 1. The molecule has 1 atom stereocenters. The minimum absolute atomic E-state index is 0.00802. The number of aliphatic hydroxyl groups excluding tert-OH is 1. The molecule has 1 aliphatic rings. The third-order valence-electron chi connectivity index (χ3n) is 8.12. The zero-order valence-electron chi connectivity index (χ0n) is 25.1. The van der Waals surface area contributed by atoms with Crippen molar-refractivity contribution in [1.82, 2.24) is 29.3 Å². The van der Waals surface area contributed by atoms with E-state index in [0.29, 0.717) is 23.4 Å². The van der Waals surface area contributed by atoms with Gasteiger partial charge in [-0.05, 0) is 77.0 Å². The minimum atomic E-state index is -0.564. The summed E-state index contributed by atoms with van der Waals surface area (Å²) in [4.78, 5) is 31.7. The molecule has 10 heteroatoms. The molecular formula is C31H46N8O2. The average molecular weight is 563 g/mol. The number of rotatable bonds is 13. The number of nitrogens with zero attached hydrogens (tertiary/aromatic N) is 6. The van der Waals surface area contributed by atoms with Crippen LogP contribution in [0.25, 0.3) is 22.2 Å². The van der Waals surface area contributed by atoms with Crippen molar-refractivity contribution in [3.63, 3.8) is 0 Å². The van der Waals surface area contributed by atoms with Gasteiger partial charge in [0.25, 0.3) is 5.56 Å². The van der Waals surface area contributed by atoms with E-state index in [9.17, 15) is 9.90 Å². The normalized spacial score (nSPS) is 16.2. The number of likely N-dealkylation sites (tertiary alicyclic amines) is 1. The molecule has 0 saturated carbocycles. The molecule has 4 heterocycles. The zero-order chi connectivity index (χ0) is 29.6. The van der Waals surface area contributed by atoms with E-state index in [1.165, 1.54) is 0 Å². The second kappa shape index (κ2) is 13.5. The van der Waals surface area contributed by atoms with Gasteiger partial charge in [0.2, 0.25) is 5.95 Å². The Morgan fingerprint density at radius 3 is 2.73 bits per heavy atom. The zero-order valence-corrected chi connectivity index (χ0v) is 25.1. The van der Waals surface area contributed by atoms with Gasteiger partial charge in [0.15, 0.2) is 5.82 Å². The van der Waals surface area contributed by atoms with Crippen LogP contribution in [0, 0.1) is 0 Å². The lowest BCUT2D eigenvalue weighted by molar-refractivity contribution is 0.212. The van der Waals surface area contributed by atoms with Crippen LogP contribution in [-0.2, 0) is 6.54 Å². The molecule has 10 nitrogen and oxygen atoms in total. The Hall–Kier alpha value is -3.34. The van der Waals surface area contributed by atoms with Gasteiger partial charge in [-0.2, -0.15) is 4.98 Å². The molecule has 0 amide bonds. The molecule has 0 aliphatic carbocycles. The van der Waals surface area contributed by atoms with Gasteiger partial charge in [0.05, 0.1) is 17.7 Å². The van der Waals surface area contributed by atoms with Gasteiger partial charge in [-0.25, -0.2) is 4.98 Å². The quantitative estimate of drug-likeness (QED) is 0.264. The van der Waals surface area contributed by atoms with Gasteiger partial charge < -0.3 is 30.5 Å². The predicted octanol–water partition coefficient (Wildman–Crippen LogP) is 4.06. The van der Waals surface area contributed by atoms with Crippen molar-refractivity contribution in [1.29, 1.82) is 0 Å². The summed E-state index contributed by atoms with van der Waals surface area (Å²) in [6.45, 7) is 11.4. The van der Waals surface area contributed by atoms with Crippen molar-refractivity contribution < 1.29 is 5.11 Å². The van der Waals surface area contributed by atoms with E-state index in [1.54, 1.807) is 12.3 Å². The molecule has 4 rings (SSSR count). The predicted molar refractivity (Wildman–Crippen MR) is 167 cm³/mol. The number of nitrogens with one attached hydrogen (secondary N) is 1. The number of hydrogen-bond acceptors (Lipinski definition) is 9. The van der Waals surface area contributed by atoms with E-state index in [-0.39, 0.29) is 24.2 Å². The highest BCUT2D eigenvalue weighted by molar-refractivity contribution is 5.89. The largest absolute Gasteiger partial charge is 0.394 e. The second-order valence-corrected chi connectivity index (χ2v) is 11.8. The number of piperidine rings is 1. The highest BCUT2D eigenvalue weighted by Crippen LogP contribution is 2.31. The highest BCUT2D eigenvalue weighted by atomic mass is 16.3. The van der Waals surface area contributed by atoms with Crippen molar-refractivity contribution in [3.8, 4) is 11.1 Å². The molecule has 0 unspecified atom stereocenters. The molecule has 0 aromatic carbocycles. The number of unbranched alkanes of at least 4 members (excludes halogenated alkanes) is 1. The maximum absolute atomic E-state index is 13.5. The van der Waals surface area contributed by atoms with Crippen LogP contribution >= 0.6 is 0 Å². The molecule has 222 valence electrons. The first-order valence-electron chi connectivity index (χ1n) is 14.7. The second-order valence-electron chi connectivity index (χ2n) is 11.8. The topological polar surface area (TPSA) is 125 Å². The van der Waals surface area contributed by atoms with E-state index in [1.807, 2.05) is 29.8 Å². The van der Waals surface area contributed by atoms with Crippen LogP contribution in [0.3, 0.4) is 0 Å². The first kappa shape index (κ1) is 30.6. The van der Waals surface area contributed by atoms with E-state index < -0.39 is 5.54 Å². The van der Waals surface area contributed by atoms with Crippen LogP contribution < -0.4 is 16.6 Å². The summed E-state index contributed by atoms with van der Waals surface area (Å²) in [6.07, 6.45) is 11.3. The molecule has 0 bridgehead atoms. The van der Waals surface area contributed by atoms with E-state index in [0.717, 1.165) is 74.8 Å². The molecule has 0 radical (unpaired) electrons. The lowest BCUT2D eigenvalue weighted by atomic mass is 9.96. The molecule has 1 saturated heterocycles. The fraction of sp³-hybridized carbons (Fsp3) is 0.548.